The van der Waals surface area contributed by atoms with E-state index in [2.05, 4.69) is 16.7 Å². The van der Waals surface area contributed by atoms with Crippen molar-refractivity contribution in [2.24, 2.45) is 0 Å². The lowest BCUT2D eigenvalue weighted by Crippen LogP contribution is -2.53. The van der Waals surface area contributed by atoms with Gasteiger partial charge in [0.05, 0.1) is 7.11 Å². The largest absolute Gasteiger partial charge is 0.467 e. The Morgan fingerprint density at radius 1 is 0.806 bits per heavy atom. The van der Waals surface area contributed by atoms with Crippen LogP contribution in [0.4, 0.5) is 4.39 Å². The summed E-state index contributed by atoms with van der Waals surface area (Å²) in [6.45, 7) is 1.28. The summed E-state index contributed by atoms with van der Waals surface area (Å²) in [6.07, 6.45) is 0.107. The normalized spacial score (nSPS) is 12.6. The van der Waals surface area contributed by atoms with Gasteiger partial charge in [0, 0.05) is 19.8 Å². The van der Waals surface area contributed by atoms with Gasteiger partial charge in [0.1, 0.15) is 17.9 Å². The fourth-order valence-electron chi connectivity index (χ4n) is 4.48. The number of ether oxygens (including phenoxy) is 1. The van der Waals surface area contributed by atoms with E-state index in [4.69, 9.17) is 4.74 Å². The standard InChI is InChI=1S/C29H27FN2O4/c1-18(33)31-26(16-21-11-5-8-14-25(21)30)28(34)32-27(29(35)36-2)17-24-22-12-6-3-9-19(22)15-20-10-4-7-13-23(20)24/h3-15,26-27H,16-17H2,1-2H3,(H,31,33)(H,32,34)/t26-,27+/m1/s1. The molecule has 4 rings (SSSR count). The zero-order valence-electron chi connectivity index (χ0n) is 20.1. The quantitative estimate of drug-likeness (QED) is 0.290. The fraction of sp³-hybridized carbons (Fsp3) is 0.207. The van der Waals surface area contributed by atoms with Crippen molar-refractivity contribution in [1.29, 1.82) is 0 Å². The maximum atomic E-state index is 14.3. The van der Waals surface area contributed by atoms with Crippen molar-refractivity contribution in [2.75, 3.05) is 7.11 Å². The lowest BCUT2D eigenvalue weighted by Gasteiger charge is -2.23. The first kappa shape index (κ1) is 24.9. The molecule has 0 aliphatic heterocycles. The van der Waals surface area contributed by atoms with E-state index in [9.17, 15) is 18.8 Å². The van der Waals surface area contributed by atoms with Crippen LogP contribution in [0.1, 0.15) is 18.1 Å². The third-order valence-electron chi connectivity index (χ3n) is 6.17. The van der Waals surface area contributed by atoms with Crippen LogP contribution < -0.4 is 10.6 Å². The molecule has 0 fully saturated rings. The molecule has 2 N–H and O–H groups in total. The van der Waals surface area contributed by atoms with Gasteiger partial charge in [-0.1, -0.05) is 66.7 Å². The van der Waals surface area contributed by atoms with Gasteiger partial charge < -0.3 is 15.4 Å². The van der Waals surface area contributed by atoms with Crippen molar-refractivity contribution in [1.82, 2.24) is 10.6 Å². The van der Waals surface area contributed by atoms with Gasteiger partial charge in [0.25, 0.3) is 0 Å². The monoisotopic (exact) mass is 486 g/mol. The Labute approximate surface area is 208 Å². The molecule has 0 saturated carbocycles. The minimum atomic E-state index is -1.07. The summed E-state index contributed by atoms with van der Waals surface area (Å²) in [7, 11) is 1.26. The number of carbonyl (C=O) groups excluding carboxylic acids is 3. The highest BCUT2D eigenvalue weighted by molar-refractivity contribution is 6.03. The average Bonchev–Trinajstić information content (AvgIpc) is 2.88. The number of carbonyl (C=O) groups is 3. The summed E-state index contributed by atoms with van der Waals surface area (Å²) in [4.78, 5) is 37.9. The third kappa shape index (κ3) is 5.51. The molecule has 2 atom stereocenters. The summed E-state index contributed by atoms with van der Waals surface area (Å²) >= 11 is 0. The van der Waals surface area contributed by atoms with E-state index in [1.165, 1.54) is 20.1 Å². The van der Waals surface area contributed by atoms with Gasteiger partial charge >= 0.3 is 5.97 Å². The van der Waals surface area contributed by atoms with Crippen LogP contribution in [0.5, 0.6) is 0 Å². The molecular formula is C29H27FN2O4. The molecule has 36 heavy (non-hydrogen) atoms. The second-order valence-corrected chi connectivity index (χ2v) is 8.63. The Balaban J connectivity index is 1.68. The summed E-state index contributed by atoms with van der Waals surface area (Å²) < 4.78 is 19.3. The molecule has 0 heterocycles. The Hall–Kier alpha value is -4.26. The van der Waals surface area contributed by atoms with Crippen molar-refractivity contribution in [3.63, 3.8) is 0 Å². The van der Waals surface area contributed by atoms with Crippen molar-refractivity contribution in [3.8, 4) is 0 Å². The number of nitrogens with one attached hydrogen (secondary N) is 2. The van der Waals surface area contributed by atoms with E-state index >= 15 is 0 Å². The average molecular weight is 487 g/mol. The van der Waals surface area contributed by atoms with Crippen molar-refractivity contribution < 1.29 is 23.5 Å². The van der Waals surface area contributed by atoms with Crippen LogP contribution in [0.3, 0.4) is 0 Å². The Bertz CT molecular complexity index is 1380. The molecule has 4 aromatic rings. The number of esters is 1. The number of hydrogen-bond acceptors (Lipinski definition) is 4. The number of amides is 2. The second-order valence-electron chi connectivity index (χ2n) is 8.63. The zero-order chi connectivity index (χ0) is 25.7. The van der Waals surface area contributed by atoms with E-state index in [1.807, 2.05) is 48.5 Å². The van der Waals surface area contributed by atoms with Crippen molar-refractivity contribution in [3.05, 3.63) is 95.8 Å². The molecule has 0 aromatic heterocycles. The van der Waals surface area contributed by atoms with Crippen LogP contribution in [0.2, 0.25) is 0 Å². The molecule has 4 aromatic carbocycles. The molecule has 0 aliphatic carbocycles. The molecule has 0 unspecified atom stereocenters. The van der Waals surface area contributed by atoms with E-state index in [0.29, 0.717) is 0 Å². The third-order valence-corrected chi connectivity index (χ3v) is 6.17. The molecule has 184 valence electrons. The van der Waals surface area contributed by atoms with Gasteiger partial charge in [-0.05, 0) is 44.8 Å². The molecule has 0 spiro atoms. The summed E-state index contributed by atoms with van der Waals surface area (Å²) in [5.74, 6) is -2.14. The smallest absolute Gasteiger partial charge is 0.328 e. The predicted molar refractivity (Wildman–Crippen MR) is 137 cm³/mol. The van der Waals surface area contributed by atoms with Crippen LogP contribution in [0.25, 0.3) is 21.5 Å². The molecule has 6 nitrogen and oxygen atoms in total. The molecule has 2 amide bonds. The second kappa shape index (κ2) is 11.0. The minimum Gasteiger partial charge on any atom is -0.467 e. The van der Waals surface area contributed by atoms with Gasteiger partial charge in [-0.15, -0.1) is 0 Å². The first-order valence-electron chi connectivity index (χ1n) is 11.7. The highest BCUT2D eigenvalue weighted by Gasteiger charge is 2.29. The highest BCUT2D eigenvalue weighted by atomic mass is 19.1. The van der Waals surface area contributed by atoms with Crippen molar-refractivity contribution >= 4 is 39.3 Å². The van der Waals surface area contributed by atoms with Crippen LogP contribution in [0, 0.1) is 5.82 Å². The van der Waals surface area contributed by atoms with Gasteiger partial charge in [0.2, 0.25) is 11.8 Å². The molecule has 0 radical (unpaired) electrons. The Morgan fingerprint density at radius 3 is 1.97 bits per heavy atom. The van der Waals surface area contributed by atoms with Crippen LogP contribution >= 0.6 is 0 Å². The SMILES string of the molecule is COC(=O)[C@H](Cc1c2ccccc2cc2ccccc12)NC(=O)[C@@H](Cc1ccccc1F)NC(C)=O. The number of halogens is 1. The van der Waals surface area contributed by atoms with E-state index in [0.717, 1.165) is 27.1 Å². The molecule has 7 heteroatoms. The lowest BCUT2D eigenvalue weighted by atomic mass is 9.92. The Morgan fingerprint density at radius 2 is 1.39 bits per heavy atom. The van der Waals surface area contributed by atoms with Gasteiger partial charge in [-0.3, -0.25) is 9.59 Å². The number of methoxy groups -OCH3 is 1. The number of hydrogen-bond donors (Lipinski definition) is 2. The molecule has 0 saturated heterocycles. The number of rotatable bonds is 8. The number of fused-ring (bicyclic) bond motifs is 2. The summed E-state index contributed by atoms with van der Waals surface area (Å²) in [5.41, 5.74) is 1.17. The van der Waals surface area contributed by atoms with Gasteiger partial charge in [0.15, 0.2) is 0 Å². The minimum absolute atomic E-state index is 0.0663. The first-order valence-corrected chi connectivity index (χ1v) is 11.7. The molecule has 0 aliphatic rings. The van der Waals surface area contributed by atoms with Gasteiger partial charge in [-0.2, -0.15) is 0 Å². The summed E-state index contributed by atoms with van der Waals surface area (Å²) in [6, 6.07) is 21.7. The maximum absolute atomic E-state index is 14.3. The van der Waals surface area contributed by atoms with E-state index < -0.39 is 35.7 Å². The first-order chi connectivity index (χ1) is 17.4. The zero-order valence-corrected chi connectivity index (χ0v) is 20.1. The Kier molecular flexibility index (Phi) is 7.59. The van der Waals surface area contributed by atoms with E-state index in [-0.39, 0.29) is 18.4 Å². The number of benzene rings is 4. The summed E-state index contributed by atoms with van der Waals surface area (Å²) in [5, 5.41) is 9.26. The predicted octanol–water partition coefficient (Wildman–Crippen LogP) is 4.08. The molecule has 0 bridgehead atoms. The van der Waals surface area contributed by atoms with Crippen LogP contribution in [0.15, 0.2) is 78.9 Å². The highest BCUT2D eigenvalue weighted by Crippen LogP contribution is 2.29. The van der Waals surface area contributed by atoms with E-state index in [1.54, 1.807) is 18.2 Å². The lowest BCUT2D eigenvalue weighted by molar-refractivity contribution is -0.145. The fourth-order valence-corrected chi connectivity index (χ4v) is 4.48. The topological polar surface area (TPSA) is 84.5 Å². The maximum Gasteiger partial charge on any atom is 0.328 e. The van der Waals surface area contributed by atoms with Crippen LogP contribution in [-0.2, 0) is 32.0 Å². The van der Waals surface area contributed by atoms with Gasteiger partial charge in [-0.25, -0.2) is 9.18 Å². The van der Waals surface area contributed by atoms with Crippen LogP contribution in [-0.4, -0.2) is 37.0 Å². The van der Waals surface area contributed by atoms with Crippen molar-refractivity contribution in [2.45, 2.75) is 31.8 Å². The molecular weight excluding hydrogens is 459 g/mol.